The fourth-order valence-corrected chi connectivity index (χ4v) is 1.15. The second-order valence-corrected chi connectivity index (χ2v) is 2.76. The number of aliphatic hydroxyl groups is 1. The zero-order chi connectivity index (χ0) is 11.4. The predicted molar refractivity (Wildman–Crippen MR) is 50.1 cm³/mol. The number of methoxy groups -OCH3 is 2. The predicted octanol–water partition coefficient (Wildman–Crippen LogP) is 1.40. The molecule has 4 nitrogen and oxygen atoms in total. The van der Waals surface area contributed by atoms with Crippen molar-refractivity contribution in [3.63, 3.8) is 0 Å². The quantitative estimate of drug-likeness (QED) is 0.767. The summed E-state index contributed by atoms with van der Waals surface area (Å²) in [5.41, 5.74) is -0.129. The van der Waals surface area contributed by atoms with E-state index in [4.69, 9.17) is 14.7 Å². The van der Waals surface area contributed by atoms with E-state index in [2.05, 4.69) is 0 Å². The minimum absolute atomic E-state index is 0.129. The monoisotopic (exact) mass is 211 g/mol. The third-order valence-corrected chi connectivity index (χ3v) is 1.92. The average molecular weight is 211 g/mol. The summed E-state index contributed by atoms with van der Waals surface area (Å²) < 4.78 is 23.1. The molecular weight excluding hydrogens is 201 g/mol. The third-order valence-electron chi connectivity index (χ3n) is 1.92. The Kier molecular flexibility index (Phi) is 3.47. The Labute approximate surface area is 86.5 Å². The van der Waals surface area contributed by atoms with Crippen LogP contribution in [0.25, 0.3) is 0 Å². The van der Waals surface area contributed by atoms with Crippen LogP contribution in [0.15, 0.2) is 12.1 Å². The molecule has 80 valence electrons. The van der Waals surface area contributed by atoms with Crippen molar-refractivity contribution >= 4 is 0 Å². The Morgan fingerprint density at radius 2 is 1.87 bits per heavy atom. The highest BCUT2D eigenvalue weighted by atomic mass is 19.1. The first-order valence-electron chi connectivity index (χ1n) is 4.13. The molecule has 0 amide bonds. The van der Waals surface area contributed by atoms with Gasteiger partial charge in [-0.2, -0.15) is 5.26 Å². The summed E-state index contributed by atoms with van der Waals surface area (Å²) in [4.78, 5) is 0. The van der Waals surface area contributed by atoms with Crippen molar-refractivity contribution in [2.75, 3.05) is 14.2 Å². The van der Waals surface area contributed by atoms with Gasteiger partial charge in [-0.1, -0.05) is 0 Å². The highest BCUT2D eigenvalue weighted by Gasteiger charge is 2.16. The zero-order valence-electron chi connectivity index (χ0n) is 8.32. The third kappa shape index (κ3) is 2.17. The van der Waals surface area contributed by atoms with E-state index in [-0.39, 0.29) is 17.1 Å². The summed E-state index contributed by atoms with van der Waals surface area (Å²) in [6.07, 6.45) is -1.51. The molecule has 0 spiro atoms. The van der Waals surface area contributed by atoms with E-state index in [0.29, 0.717) is 0 Å². The Balaban J connectivity index is 3.27. The van der Waals surface area contributed by atoms with Crippen molar-refractivity contribution in [3.05, 3.63) is 23.5 Å². The Morgan fingerprint density at radius 1 is 1.33 bits per heavy atom. The molecule has 0 saturated carbocycles. The van der Waals surface area contributed by atoms with Crippen molar-refractivity contribution in [2.24, 2.45) is 0 Å². The molecule has 0 aliphatic rings. The van der Waals surface area contributed by atoms with Gasteiger partial charge in [0.2, 0.25) is 0 Å². The first-order chi connectivity index (χ1) is 7.13. The molecular formula is C10H10FNO3. The Hall–Kier alpha value is -1.80. The highest BCUT2D eigenvalue weighted by molar-refractivity contribution is 5.45. The summed E-state index contributed by atoms with van der Waals surface area (Å²) in [6, 6.07) is 3.83. The van der Waals surface area contributed by atoms with E-state index in [9.17, 15) is 9.50 Å². The van der Waals surface area contributed by atoms with E-state index in [1.807, 2.05) is 0 Å². The lowest BCUT2D eigenvalue weighted by atomic mass is 10.1. The lowest BCUT2D eigenvalue weighted by Crippen LogP contribution is -2.00. The second-order valence-electron chi connectivity index (χ2n) is 2.76. The summed E-state index contributed by atoms with van der Waals surface area (Å²) in [5.74, 6) is -0.228. The van der Waals surface area contributed by atoms with Crippen molar-refractivity contribution in [3.8, 4) is 17.6 Å². The van der Waals surface area contributed by atoms with E-state index in [0.717, 1.165) is 6.07 Å². The molecule has 1 aromatic carbocycles. The normalized spacial score (nSPS) is 11.7. The standard InChI is InChI=1S/C10H10FNO3/c1-14-9-3-6(8(13)5-12)7(11)4-10(9)15-2/h3-4,8,13H,1-2H3. The maximum absolute atomic E-state index is 13.3. The van der Waals surface area contributed by atoms with Gasteiger partial charge in [-0.15, -0.1) is 0 Å². The lowest BCUT2D eigenvalue weighted by molar-refractivity contribution is 0.229. The molecule has 0 heterocycles. The van der Waals surface area contributed by atoms with Gasteiger partial charge in [0.15, 0.2) is 17.6 Å². The molecule has 1 N–H and O–H groups in total. The largest absolute Gasteiger partial charge is 0.493 e. The van der Waals surface area contributed by atoms with Crippen LogP contribution in [0, 0.1) is 17.1 Å². The second kappa shape index (κ2) is 4.62. The molecule has 1 unspecified atom stereocenters. The van der Waals surface area contributed by atoms with Crippen LogP contribution in [0.4, 0.5) is 4.39 Å². The summed E-state index contributed by atoms with van der Waals surface area (Å²) in [7, 11) is 2.76. The van der Waals surface area contributed by atoms with Crippen molar-refractivity contribution in [2.45, 2.75) is 6.10 Å². The molecule has 0 saturated heterocycles. The molecule has 5 heteroatoms. The first kappa shape index (κ1) is 11.3. The van der Waals surface area contributed by atoms with E-state index < -0.39 is 11.9 Å². The molecule has 1 atom stereocenters. The topological polar surface area (TPSA) is 62.5 Å². The highest BCUT2D eigenvalue weighted by Crippen LogP contribution is 2.32. The maximum atomic E-state index is 13.3. The van der Waals surface area contributed by atoms with Crippen molar-refractivity contribution in [1.29, 1.82) is 5.26 Å². The van der Waals surface area contributed by atoms with Gasteiger partial charge in [0, 0.05) is 11.6 Å². The number of nitrogens with zero attached hydrogens (tertiary/aromatic N) is 1. The molecule has 0 aromatic heterocycles. The number of hydrogen-bond acceptors (Lipinski definition) is 4. The number of benzene rings is 1. The number of aliphatic hydroxyl groups excluding tert-OH is 1. The van der Waals surface area contributed by atoms with Crippen molar-refractivity contribution < 1.29 is 19.0 Å². The minimum Gasteiger partial charge on any atom is -0.493 e. The van der Waals surface area contributed by atoms with Crippen LogP contribution < -0.4 is 9.47 Å². The first-order valence-corrected chi connectivity index (χ1v) is 4.13. The SMILES string of the molecule is COc1cc(F)c(C(O)C#N)cc1OC. The van der Waals surface area contributed by atoms with Gasteiger partial charge in [-0.3, -0.25) is 0 Å². The lowest BCUT2D eigenvalue weighted by Gasteiger charge is -2.11. The minimum atomic E-state index is -1.51. The van der Waals surface area contributed by atoms with Gasteiger partial charge in [0.25, 0.3) is 0 Å². The maximum Gasteiger partial charge on any atom is 0.168 e. The number of rotatable bonds is 3. The molecule has 0 aliphatic carbocycles. The fraction of sp³-hybridized carbons (Fsp3) is 0.300. The van der Waals surface area contributed by atoms with E-state index in [1.165, 1.54) is 26.4 Å². The molecule has 0 radical (unpaired) electrons. The van der Waals surface area contributed by atoms with Gasteiger partial charge in [-0.05, 0) is 6.07 Å². The van der Waals surface area contributed by atoms with Crippen LogP contribution >= 0.6 is 0 Å². The number of hydrogen-bond donors (Lipinski definition) is 1. The Bertz CT molecular complexity index is 400. The van der Waals surface area contributed by atoms with Gasteiger partial charge in [0.1, 0.15) is 5.82 Å². The summed E-state index contributed by atoms with van der Waals surface area (Å²) in [5, 5.41) is 17.7. The van der Waals surface area contributed by atoms with Gasteiger partial charge < -0.3 is 14.6 Å². The smallest absolute Gasteiger partial charge is 0.168 e. The molecule has 15 heavy (non-hydrogen) atoms. The molecule has 1 aromatic rings. The average Bonchev–Trinajstić information content (AvgIpc) is 2.27. The van der Waals surface area contributed by atoms with Gasteiger partial charge in [-0.25, -0.2) is 4.39 Å². The number of halogens is 1. The summed E-state index contributed by atoms with van der Waals surface area (Å²) in [6.45, 7) is 0. The van der Waals surface area contributed by atoms with Gasteiger partial charge >= 0.3 is 0 Å². The number of ether oxygens (including phenoxy) is 2. The zero-order valence-corrected chi connectivity index (χ0v) is 8.32. The van der Waals surface area contributed by atoms with Crippen LogP contribution in [0.3, 0.4) is 0 Å². The van der Waals surface area contributed by atoms with Crippen LogP contribution in [0.1, 0.15) is 11.7 Å². The van der Waals surface area contributed by atoms with Crippen LogP contribution in [-0.2, 0) is 0 Å². The van der Waals surface area contributed by atoms with Crippen LogP contribution in [-0.4, -0.2) is 19.3 Å². The van der Waals surface area contributed by atoms with Crippen LogP contribution in [0.5, 0.6) is 11.5 Å². The molecule has 1 rings (SSSR count). The van der Waals surface area contributed by atoms with E-state index >= 15 is 0 Å². The summed E-state index contributed by atoms with van der Waals surface area (Å²) >= 11 is 0. The van der Waals surface area contributed by atoms with Gasteiger partial charge in [0.05, 0.1) is 20.3 Å². The molecule has 0 aliphatic heterocycles. The Morgan fingerprint density at radius 3 is 2.33 bits per heavy atom. The van der Waals surface area contributed by atoms with E-state index in [1.54, 1.807) is 0 Å². The van der Waals surface area contributed by atoms with Crippen molar-refractivity contribution in [1.82, 2.24) is 0 Å². The fourth-order valence-electron chi connectivity index (χ4n) is 1.15. The molecule has 0 bridgehead atoms. The number of nitriles is 1. The molecule has 0 fully saturated rings. The van der Waals surface area contributed by atoms with Crippen LogP contribution in [0.2, 0.25) is 0 Å².